The Hall–Kier alpha value is -2.14. The van der Waals surface area contributed by atoms with Gasteiger partial charge in [-0.05, 0) is 18.9 Å². The lowest BCUT2D eigenvalue weighted by atomic mass is 9.96. The van der Waals surface area contributed by atoms with Gasteiger partial charge < -0.3 is 14.5 Å². The van der Waals surface area contributed by atoms with Crippen LogP contribution in [-0.4, -0.2) is 54.5 Å². The van der Waals surface area contributed by atoms with Gasteiger partial charge in [0.15, 0.2) is 6.10 Å². The molecule has 0 radical (unpaired) electrons. The molecule has 2 amide bonds. The van der Waals surface area contributed by atoms with Crippen LogP contribution in [0.2, 0.25) is 0 Å². The molecule has 2 aliphatic heterocycles. The Morgan fingerprint density at radius 1 is 1.26 bits per heavy atom. The van der Waals surface area contributed by atoms with Crippen LogP contribution >= 0.6 is 0 Å². The molecule has 122 valence electrons. The van der Waals surface area contributed by atoms with Crippen LogP contribution in [0.1, 0.15) is 24.9 Å². The fourth-order valence-corrected chi connectivity index (χ4v) is 3.25. The number of benzene rings is 1. The monoisotopic (exact) mass is 314 g/mol. The van der Waals surface area contributed by atoms with E-state index in [1.165, 1.54) is 5.57 Å². The van der Waals surface area contributed by atoms with E-state index in [1.807, 2.05) is 42.2 Å². The van der Waals surface area contributed by atoms with Gasteiger partial charge >= 0.3 is 0 Å². The summed E-state index contributed by atoms with van der Waals surface area (Å²) in [4.78, 5) is 28.5. The Morgan fingerprint density at radius 2 is 2.00 bits per heavy atom. The Labute approximate surface area is 136 Å². The van der Waals surface area contributed by atoms with E-state index >= 15 is 0 Å². The first-order chi connectivity index (χ1) is 11.1. The molecule has 3 rings (SSSR count). The van der Waals surface area contributed by atoms with Crippen LogP contribution in [-0.2, 0) is 14.3 Å². The summed E-state index contributed by atoms with van der Waals surface area (Å²) in [6.45, 7) is 3.33. The van der Waals surface area contributed by atoms with Gasteiger partial charge in [-0.1, -0.05) is 42.0 Å². The topological polar surface area (TPSA) is 49.9 Å². The van der Waals surface area contributed by atoms with Gasteiger partial charge in [0.1, 0.15) is 6.61 Å². The van der Waals surface area contributed by atoms with Crippen LogP contribution in [0.5, 0.6) is 0 Å². The average molecular weight is 314 g/mol. The fourth-order valence-electron chi connectivity index (χ4n) is 3.25. The zero-order chi connectivity index (χ0) is 16.4. The van der Waals surface area contributed by atoms with Crippen molar-refractivity contribution in [2.24, 2.45) is 0 Å². The largest absolute Gasteiger partial charge is 0.356 e. The number of morpholine rings is 1. The number of likely N-dealkylation sites (N-methyl/N-ethyl adjacent to an activating group) is 1. The second-order valence-electron chi connectivity index (χ2n) is 6.19. The minimum absolute atomic E-state index is 0.0364. The van der Waals surface area contributed by atoms with E-state index < -0.39 is 6.10 Å². The maximum absolute atomic E-state index is 13.0. The normalized spacial score (nSPS) is 25.3. The first-order valence-corrected chi connectivity index (χ1v) is 7.94. The summed E-state index contributed by atoms with van der Waals surface area (Å²) in [6.07, 6.45) is 2.39. The van der Waals surface area contributed by atoms with Crippen LogP contribution < -0.4 is 0 Å². The Bertz CT molecular complexity index is 626. The molecule has 0 bridgehead atoms. The quantitative estimate of drug-likeness (QED) is 0.782. The Morgan fingerprint density at radius 3 is 2.70 bits per heavy atom. The number of amides is 2. The van der Waals surface area contributed by atoms with E-state index in [4.69, 9.17) is 4.74 Å². The molecule has 5 heteroatoms. The number of ether oxygens (including phenoxy) is 1. The second kappa shape index (κ2) is 6.54. The molecular formula is C18H22N2O3. The van der Waals surface area contributed by atoms with Crippen LogP contribution in [0.15, 0.2) is 42.0 Å². The molecule has 5 nitrogen and oxygen atoms in total. The van der Waals surface area contributed by atoms with Gasteiger partial charge in [-0.2, -0.15) is 0 Å². The molecule has 1 aromatic carbocycles. The van der Waals surface area contributed by atoms with Crippen molar-refractivity contribution in [1.82, 2.24) is 9.80 Å². The highest BCUT2D eigenvalue weighted by molar-refractivity contribution is 5.86. The van der Waals surface area contributed by atoms with Crippen LogP contribution in [0.3, 0.4) is 0 Å². The summed E-state index contributed by atoms with van der Waals surface area (Å²) in [5, 5.41) is 0. The van der Waals surface area contributed by atoms with E-state index in [-0.39, 0.29) is 24.5 Å². The van der Waals surface area contributed by atoms with Gasteiger partial charge in [0, 0.05) is 20.1 Å². The number of hydrogen-bond acceptors (Lipinski definition) is 3. The molecule has 0 spiro atoms. The molecule has 23 heavy (non-hydrogen) atoms. The molecule has 0 aromatic heterocycles. The lowest BCUT2D eigenvalue weighted by molar-refractivity contribution is -0.167. The highest BCUT2D eigenvalue weighted by Gasteiger charge is 2.41. The summed E-state index contributed by atoms with van der Waals surface area (Å²) >= 11 is 0. The molecule has 2 heterocycles. The Kier molecular flexibility index (Phi) is 4.48. The standard InChI is InChI=1S/C18H22N2O3/c1-13-7-6-10-20(11-13)18(22)17-16(14-8-4-3-5-9-14)19(2)15(21)12-23-17/h3-5,7-9,16-17H,6,10-12H2,1-2H3/t16-,17-/m0/s1. The number of carbonyl (C=O) groups is 2. The minimum atomic E-state index is -0.647. The van der Waals surface area contributed by atoms with Gasteiger partial charge in [-0.15, -0.1) is 0 Å². The third kappa shape index (κ3) is 3.15. The summed E-state index contributed by atoms with van der Waals surface area (Å²) in [5.41, 5.74) is 2.12. The van der Waals surface area contributed by atoms with E-state index in [0.717, 1.165) is 12.0 Å². The van der Waals surface area contributed by atoms with Gasteiger partial charge in [0.2, 0.25) is 5.91 Å². The first kappa shape index (κ1) is 15.7. The second-order valence-corrected chi connectivity index (χ2v) is 6.19. The molecule has 1 fully saturated rings. The van der Waals surface area contributed by atoms with Crippen LogP contribution in [0.4, 0.5) is 0 Å². The summed E-state index contributed by atoms with van der Waals surface area (Å²) < 4.78 is 5.68. The van der Waals surface area contributed by atoms with Crippen molar-refractivity contribution < 1.29 is 14.3 Å². The van der Waals surface area contributed by atoms with E-state index in [9.17, 15) is 9.59 Å². The number of hydrogen-bond donors (Lipinski definition) is 0. The predicted octanol–water partition coefficient (Wildman–Crippen LogP) is 1.76. The van der Waals surface area contributed by atoms with E-state index in [2.05, 4.69) is 6.08 Å². The molecule has 0 unspecified atom stereocenters. The lowest BCUT2D eigenvalue weighted by Crippen LogP contribution is -2.54. The molecule has 0 N–H and O–H groups in total. The zero-order valence-corrected chi connectivity index (χ0v) is 13.6. The van der Waals surface area contributed by atoms with Crippen molar-refractivity contribution in [2.75, 3.05) is 26.7 Å². The molecule has 0 aliphatic carbocycles. The van der Waals surface area contributed by atoms with Gasteiger partial charge in [0.25, 0.3) is 5.91 Å². The van der Waals surface area contributed by atoms with Crippen LogP contribution in [0.25, 0.3) is 0 Å². The molecular weight excluding hydrogens is 292 g/mol. The van der Waals surface area contributed by atoms with E-state index in [0.29, 0.717) is 13.1 Å². The van der Waals surface area contributed by atoms with Crippen molar-refractivity contribution in [1.29, 1.82) is 0 Å². The maximum Gasteiger partial charge on any atom is 0.254 e. The van der Waals surface area contributed by atoms with Crippen molar-refractivity contribution >= 4 is 11.8 Å². The van der Waals surface area contributed by atoms with Gasteiger partial charge in [-0.3, -0.25) is 9.59 Å². The number of carbonyl (C=O) groups excluding carboxylic acids is 2. The summed E-state index contributed by atoms with van der Waals surface area (Å²) in [6, 6.07) is 9.24. The van der Waals surface area contributed by atoms with Crippen molar-refractivity contribution in [3.8, 4) is 0 Å². The molecule has 2 aliphatic rings. The summed E-state index contributed by atoms with van der Waals surface area (Å²) in [5.74, 6) is -0.136. The molecule has 2 atom stereocenters. The lowest BCUT2D eigenvalue weighted by Gasteiger charge is -2.40. The van der Waals surface area contributed by atoms with Crippen molar-refractivity contribution in [3.05, 3.63) is 47.5 Å². The van der Waals surface area contributed by atoms with Crippen LogP contribution in [0, 0.1) is 0 Å². The fraction of sp³-hybridized carbons (Fsp3) is 0.444. The highest BCUT2D eigenvalue weighted by atomic mass is 16.5. The third-order valence-corrected chi connectivity index (χ3v) is 4.51. The van der Waals surface area contributed by atoms with E-state index in [1.54, 1.807) is 11.9 Å². The third-order valence-electron chi connectivity index (χ3n) is 4.51. The van der Waals surface area contributed by atoms with Crippen molar-refractivity contribution in [3.63, 3.8) is 0 Å². The maximum atomic E-state index is 13.0. The predicted molar refractivity (Wildman–Crippen MR) is 86.6 cm³/mol. The minimum Gasteiger partial charge on any atom is -0.356 e. The summed E-state index contributed by atoms with van der Waals surface area (Å²) in [7, 11) is 1.74. The van der Waals surface area contributed by atoms with Gasteiger partial charge in [-0.25, -0.2) is 0 Å². The number of rotatable bonds is 2. The zero-order valence-electron chi connectivity index (χ0n) is 13.6. The molecule has 1 saturated heterocycles. The SMILES string of the molecule is CC1=CCCN(C(=O)[C@H]2OCC(=O)N(C)[C@H]2c2ccccc2)C1. The number of nitrogens with zero attached hydrogens (tertiary/aromatic N) is 2. The van der Waals surface area contributed by atoms with Crippen molar-refractivity contribution in [2.45, 2.75) is 25.5 Å². The average Bonchev–Trinajstić information content (AvgIpc) is 2.57. The molecule has 1 aromatic rings. The Balaban J connectivity index is 1.87. The molecule has 0 saturated carbocycles. The highest BCUT2D eigenvalue weighted by Crippen LogP contribution is 2.30. The first-order valence-electron chi connectivity index (χ1n) is 7.94. The smallest absolute Gasteiger partial charge is 0.254 e. The van der Waals surface area contributed by atoms with Gasteiger partial charge in [0.05, 0.1) is 6.04 Å².